The topological polar surface area (TPSA) is 66.6 Å². The Kier molecular flexibility index (Phi) is 2.69. The van der Waals surface area contributed by atoms with E-state index in [1.807, 2.05) is 18.2 Å². The van der Waals surface area contributed by atoms with Gasteiger partial charge >= 0.3 is 0 Å². The standard InChI is InChI=1S/C14H17N3O2/c1-16-13(18)8-12(14(16)19)17-6-2-3-9-7-10(15)4-5-11(9)17/h4-5,7,12H,2-3,6,8,15H2,1H3. The van der Waals surface area contributed by atoms with Crippen LogP contribution in [-0.4, -0.2) is 36.3 Å². The Morgan fingerprint density at radius 3 is 2.79 bits per heavy atom. The van der Waals surface area contributed by atoms with Crippen molar-refractivity contribution in [2.45, 2.75) is 25.3 Å². The molecule has 1 atom stereocenters. The number of carbonyl (C=O) groups is 2. The number of imide groups is 1. The van der Waals surface area contributed by atoms with E-state index in [2.05, 4.69) is 4.90 Å². The average Bonchev–Trinajstić information content (AvgIpc) is 2.65. The van der Waals surface area contributed by atoms with Crippen LogP contribution < -0.4 is 10.6 Å². The molecule has 1 fully saturated rings. The van der Waals surface area contributed by atoms with Crippen LogP contribution in [0.5, 0.6) is 0 Å². The lowest BCUT2D eigenvalue weighted by Gasteiger charge is -2.34. The molecule has 5 nitrogen and oxygen atoms in total. The largest absolute Gasteiger partial charge is 0.399 e. The number of hydrogen-bond donors (Lipinski definition) is 1. The third kappa shape index (κ3) is 1.85. The molecule has 100 valence electrons. The first-order valence-electron chi connectivity index (χ1n) is 6.53. The normalized spacial score (nSPS) is 22.9. The van der Waals surface area contributed by atoms with Crippen molar-refractivity contribution in [3.63, 3.8) is 0 Å². The van der Waals surface area contributed by atoms with Gasteiger partial charge in [0.05, 0.1) is 6.42 Å². The molecule has 19 heavy (non-hydrogen) atoms. The molecule has 2 heterocycles. The van der Waals surface area contributed by atoms with E-state index in [0.29, 0.717) is 0 Å². The van der Waals surface area contributed by atoms with E-state index < -0.39 is 0 Å². The molecular formula is C14H17N3O2. The minimum Gasteiger partial charge on any atom is -0.399 e. The molecule has 0 aliphatic carbocycles. The summed E-state index contributed by atoms with van der Waals surface area (Å²) in [6.45, 7) is 0.814. The van der Waals surface area contributed by atoms with Gasteiger partial charge in [0.25, 0.3) is 5.91 Å². The van der Waals surface area contributed by atoms with Crippen molar-refractivity contribution in [1.82, 2.24) is 4.90 Å². The number of benzene rings is 1. The first kappa shape index (κ1) is 12.0. The first-order chi connectivity index (χ1) is 9.08. The fourth-order valence-electron chi connectivity index (χ4n) is 2.95. The Bertz CT molecular complexity index is 556. The molecule has 0 bridgehead atoms. The lowest BCUT2D eigenvalue weighted by atomic mass is 9.99. The number of nitrogens with two attached hydrogens (primary N) is 1. The third-order valence-electron chi connectivity index (χ3n) is 3.99. The molecule has 5 heteroatoms. The van der Waals surface area contributed by atoms with Crippen molar-refractivity contribution in [3.05, 3.63) is 23.8 Å². The van der Waals surface area contributed by atoms with E-state index in [1.54, 1.807) is 7.05 Å². The number of fused-ring (bicyclic) bond motifs is 1. The van der Waals surface area contributed by atoms with Gasteiger partial charge in [0.2, 0.25) is 5.91 Å². The zero-order chi connectivity index (χ0) is 13.6. The molecule has 1 saturated heterocycles. The fraction of sp³-hybridized carbons (Fsp3) is 0.429. The van der Waals surface area contributed by atoms with Crippen LogP contribution in [0.1, 0.15) is 18.4 Å². The Labute approximate surface area is 112 Å². The number of likely N-dealkylation sites (tertiary alicyclic amines) is 1. The lowest BCUT2D eigenvalue weighted by molar-refractivity contribution is -0.136. The van der Waals surface area contributed by atoms with Gasteiger partial charge in [0.1, 0.15) is 6.04 Å². The number of hydrogen-bond acceptors (Lipinski definition) is 4. The highest BCUT2D eigenvalue weighted by molar-refractivity contribution is 6.06. The van der Waals surface area contributed by atoms with Gasteiger partial charge in [0.15, 0.2) is 0 Å². The Morgan fingerprint density at radius 1 is 1.32 bits per heavy atom. The Balaban J connectivity index is 1.96. The fourth-order valence-corrected chi connectivity index (χ4v) is 2.95. The van der Waals surface area contributed by atoms with E-state index in [0.717, 1.165) is 30.8 Å². The second-order valence-electron chi connectivity index (χ2n) is 5.20. The minimum absolute atomic E-state index is 0.0995. The number of aryl methyl sites for hydroxylation is 1. The van der Waals surface area contributed by atoms with Crippen molar-refractivity contribution in [3.8, 4) is 0 Å². The molecule has 1 aromatic carbocycles. The Morgan fingerprint density at radius 2 is 2.11 bits per heavy atom. The second-order valence-corrected chi connectivity index (χ2v) is 5.20. The smallest absolute Gasteiger partial charge is 0.252 e. The van der Waals surface area contributed by atoms with Crippen LogP contribution in [0.3, 0.4) is 0 Å². The predicted octanol–water partition coefficient (Wildman–Crippen LogP) is 0.779. The molecule has 1 unspecified atom stereocenters. The van der Waals surface area contributed by atoms with Crippen LogP contribution in [0.25, 0.3) is 0 Å². The van der Waals surface area contributed by atoms with Crippen molar-refractivity contribution in [1.29, 1.82) is 0 Å². The highest BCUT2D eigenvalue weighted by atomic mass is 16.2. The van der Waals surface area contributed by atoms with Gasteiger partial charge in [0, 0.05) is 25.0 Å². The maximum Gasteiger partial charge on any atom is 0.252 e. The molecule has 0 radical (unpaired) electrons. The SMILES string of the molecule is CN1C(=O)CC(N2CCCc3cc(N)ccc32)C1=O. The molecule has 2 amide bonds. The number of nitrogen functional groups attached to an aromatic ring is 1. The number of anilines is 2. The van der Waals surface area contributed by atoms with Gasteiger partial charge in [-0.25, -0.2) is 0 Å². The van der Waals surface area contributed by atoms with E-state index >= 15 is 0 Å². The number of rotatable bonds is 1. The van der Waals surface area contributed by atoms with E-state index in [-0.39, 0.29) is 24.3 Å². The van der Waals surface area contributed by atoms with Gasteiger partial charge < -0.3 is 10.6 Å². The van der Waals surface area contributed by atoms with Crippen LogP contribution in [-0.2, 0) is 16.0 Å². The summed E-state index contributed by atoms with van der Waals surface area (Å²) < 4.78 is 0. The molecule has 2 aliphatic heterocycles. The van der Waals surface area contributed by atoms with Gasteiger partial charge in [-0.2, -0.15) is 0 Å². The quantitative estimate of drug-likeness (QED) is 0.598. The van der Waals surface area contributed by atoms with Crippen molar-refractivity contribution in [2.75, 3.05) is 24.2 Å². The highest BCUT2D eigenvalue weighted by Crippen LogP contribution is 2.33. The van der Waals surface area contributed by atoms with Crippen LogP contribution in [0.15, 0.2) is 18.2 Å². The number of nitrogens with zero attached hydrogens (tertiary/aromatic N) is 2. The first-order valence-corrected chi connectivity index (χ1v) is 6.53. The summed E-state index contributed by atoms with van der Waals surface area (Å²) in [7, 11) is 1.55. The summed E-state index contributed by atoms with van der Waals surface area (Å²) in [5, 5.41) is 0. The van der Waals surface area contributed by atoms with E-state index in [1.165, 1.54) is 10.5 Å². The highest BCUT2D eigenvalue weighted by Gasteiger charge is 2.40. The van der Waals surface area contributed by atoms with Crippen molar-refractivity contribution >= 4 is 23.2 Å². The van der Waals surface area contributed by atoms with Crippen molar-refractivity contribution < 1.29 is 9.59 Å². The summed E-state index contributed by atoms with van der Waals surface area (Å²) in [5.74, 6) is -0.202. The summed E-state index contributed by atoms with van der Waals surface area (Å²) in [6, 6.07) is 5.43. The number of carbonyl (C=O) groups excluding carboxylic acids is 2. The van der Waals surface area contributed by atoms with Crippen molar-refractivity contribution in [2.24, 2.45) is 0 Å². The molecule has 3 rings (SSSR count). The molecule has 0 saturated carbocycles. The molecule has 2 N–H and O–H groups in total. The number of likely N-dealkylation sites (N-methyl/N-ethyl adjacent to an activating group) is 1. The summed E-state index contributed by atoms with van der Waals surface area (Å²) in [6.07, 6.45) is 2.23. The van der Waals surface area contributed by atoms with E-state index in [9.17, 15) is 9.59 Å². The summed E-state index contributed by atoms with van der Waals surface area (Å²) in [4.78, 5) is 27.1. The average molecular weight is 259 g/mol. The summed E-state index contributed by atoms with van der Waals surface area (Å²) in [5.41, 5.74) is 8.76. The minimum atomic E-state index is -0.347. The number of amides is 2. The zero-order valence-electron chi connectivity index (χ0n) is 10.9. The predicted molar refractivity (Wildman–Crippen MR) is 72.7 cm³/mol. The third-order valence-corrected chi connectivity index (χ3v) is 3.99. The Hall–Kier alpha value is -2.04. The van der Waals surface area contributed by atoms with Gasteiger partial charge in [-0.15, -0.1) is 0 Å². The molecule has 2 aliphatic rings. The van der Waals surface area contributed by atoms with Crippen LogP contribution in [0, 0.1) is 0 Å². The van der Waals surface area contributed by atoms with Gasteiger partial charge in [-0.1, -0.05) is 0 Å². The second kappa shape index (κ2) is 4.26. The molecule has 1 aromatic rings. The maximum absolute atomic E-state index is 12.1. The van der Waals surface area contributed by atoms with E-state index in [4.69, 9.17) is 5.73 Å². The molecular weight excluding hydrogens is 242 g/mol. The zero-order valence-corrected chi connectivity index (χ0v) is 10.9. The maximum atomic E-state index is 12.1. The molecule has 0 spiro atoms. The van der Waals surface area contributed by atoms with Crippen LogP contribution >= 0.6 is 0 Å². The van der Waals surface area contributed by atoms with Gasteiger partial charge in [-0.3, -0.25) is 14.5 Å². The molecule has 0 aromatic heterocycles. The van der Waals surface area contributed by atoms with Crippen LogP contribution in [0.2, 0.25) is 0 Å². The lowest BCUT2D eigenvalue weighted by Crippen LogP contribution is -2.43. The monoisotopic (exact) mass is 259 g/mol. The summed E-state index contributed by atoms with van der Waals surface area (Å²) >= 11 is 0. The van der Waals surface area contributed by atoms with Crippen LogP contribution in [0.4, 0.5) is 11.4 Å². The van der Waals surface area contributed by atoms with Gasteiger partial charge in [-0.05, 0) is 36.6 Å².